The average Bonchev–Trinajstić information content (AvgIpc) is 3.00. The number of carbonyl (C=O) groups is 1. The maximum absolute atomic E-state index is 12.2. The first kappa shape index (κ1) is 19.2. The molecule has 0 radical (unpaired) electrons. The van der Waals surface area contributed by atoms with Crippen molar-refractivity contribution >= 4 is 55.0 Å². The van der Waals surface area contributed by atoms with Gasteiger partial charge in [-0.1, -0.05) is 27.3 Å². The molecular formula is C18H16BrN3O4S. The molecule has 3 aromatic rings. The summed E-state index contributed by atoms with van der Waals surface area (Å²) in [6.45, 7) is 5.45. The molecule has 140 valence electrons. The second-order valence-corrected chi connectivity index (χ2v) is 7.51. The van der Waals surface area contributed by atoms with Crippen LogP contribution in [0.2, 0.25) is 0 Å². The highest BCUT2D eigenvalue weighted by atomic mass is 79.9. The Morgan fingerprint density at radius 1 is 1.41 bits per heavy atom. The van der Waals surface area contributed by atoms with Crippen LogP contribution in [0.25, 0.3) is 11.0 Å². The lowest BCUT2D eigenvalue weighted by molar-refractivity contribution is 0.0531. The number of hydrogen-bond donors (Lipinski definition) is 1. The van der Waals surface area contributed by atoms with Crippen molar-refractivity contribution in [2.24, 2.45) is 5.10 Å². The lowest BCUT2D eigenvalue weighted by Gasteiger charge is -2.03. The van der Waals surface area contributed by atoms with Crippen molar-refractivity contribution in [3.63, 3.8) is 0 Å². The number of fused-ring (bicyclic) bond motifs is 1. The summed E-state index contributed by atoms with van der Waals surface area (Å²) in [4.78, 5) is 28.8. The van der Waals surface area contributed by atoms with Gasteiger partial charge in [0, 0.05) is 9.86 Å². The van der Waals surface area contributed by atoms with Crippen molar-refractivity contribution in [2.75, 3.05) is 12.0 Å². The lowest BCUT2D eigenvalue weighted by Crippen LogP contribution is -2.13. The van der Waals surface area contributed by atoms with Crippen LogP contribution in [0.4, 0.5) is 5.13 Å². The average molecular weight is 450 g/mol. The molecule has 0 aliphatic heterocycles. The second-order valence-electron chi connectivity index (χ2n) is 5.59. The van der Waals surface area contributed by atoms with Crippen LogP contribution in [0.3, 0.4) is 0 Å². The number of halogens is 1. The Morgan fingerprint density at radius 2 is 2.19 bits per heavy atom. The van der Waals surface area contributed by atoms with Crippen molar-refractivity contribution in [2.45, 2.75) is 20.8 Å². The quantitative estimate of drug-likeness (QED) is 0.269. The Bertz CT molecular complexity index is 1100. The minimum Gasteiger partial charge on any atom is -0.462 e. The minimum atomic E-state index is -0.476. The molecule has 0 bridgehead atoms. The Balaban J connectivity index is 1.87. The molecule has 0 aliphatic rings. The number of nitrogens with zero attached hydrogens (tertiary/aromatic N) is 2. The summed E-state index contributed by atoms with van der Waals surface area (Å²) in [6.07, 6.45) is 0. The summed E-state index contributed by atoms with van der Waals surface area (Å²) in [5.41, 5.74) is 4.15. The first-order valence-corrected chi connectivity index (χ1v) is 9.68. The highest BCUT2D eigenvalue weighted by Gasteiger charge is 2.16. The van der Waals surface area contributed by atoms with Gasteiger partial charge in [0.2, 0.25) is 5.13 Å². The van der Waals surface area contributed by atoms with Gasteiger partial charge in [0.1, 0.15) is 10.5 Å². The maximum Gasteiger partial charge on any atom is 0.350 e. The van der Waals surface area contributed by atoms with Crippen LogP contribution in [-0.2, 0) is 4.74 Å². The third-order valence-corrected chi connectivity index (χ3v) is 5.20. The van der Waals surface area contributed by atoms with Gasteiger partial charge in [0.15, 0.2) is 0 Å². The van der Waals surface area contributed by atoms with E-state index in [9.17, 15) is 9.59 Å². The summed E-state index contributed by atoms with van der Waals surface area (Å²) in [5, 5.41) is 5.42. The molecular weight excluding hydrogens is 434 g/mol. The number of esters is 1. The van der Waals surface area contributed by atoms with Gasteiger partial charge in [-0.05, 0) is 45.0 Å². The number of aryl methyl sites for hydroxylation is 1. The van der Waals surface area contributed by atoms with Crippen molar-refractivity contribution in [3.05, 3.63) is 55.3 Å². The van der Waals surface area contributed by atoms with Gasteiger partial charge < -0.3 is 9.15 Å². The van der Waals surface area contributed by atoms with Crippen molar-refractivity contribution in [3.8, 4) is 0 Å². The third-order valence-electron chi connectivity index (χ3n) is 3.66. The molecule has 0 saturated heterocycles. The summed E-state index contributed by atoms with van der Waals surface area (Å²) in [7, 11) is 0. The molecule has 0 amide bonds. The fourth-order valence-electron chi connectivity index (χ4n) is 2.37. The number of hydrogen-bond acceptors (Lipinski definition) is 8. The van der Waals surface area contributed by atoms with E-state index in [1.807, 2.05) is 6.07 Å². The lowest BCUT2D eigenvalue weighted by atomic mass is 10.1. The van der Waals surface area contributed by atoms with Crippen molar-refractivity contribution in [1.29, 1.82) is 0 Å². The van der Waals surface area contributed by atoms with Gasteiger partial charge >= 0.3 is 11.6 Å². The molecule has 0 unspecified atom stereocenters. The van der Waals surface area contributed by atoms with Crippen LogP contribution >= 0.6 is 27.3 Å². The normalized spacial score (nSPS) is 11.6. The molecule has 0 atom stereocenters. The molecule has 0 fully saturated rings. The molecule has 1 N–H and O–H groups in total. The molecule has 2 heterocycles. The van der Waals surface area contributed by atoms with E-state index < -0.39 is 11.6 Å². The molecule has 9 heteroatoms. The molecule has 2 aromatic heterocycles. The summed E-state index contributed by atoms with van der Waals surface area (Å²) >= 11 is 4.54. The fourth-order valence-corrected chi connectivity index (χ4v) is 3.55. The predicted molar refractivity (Wildman–Crippen MR) is 109 cm³/mol. The number of ether oxygens (including phenoxy) is 1. The topological polar surface area (TPSA) is 93.8 Å². The van der Waals surface area contributed by atoms with Gasteiger partial charge in [-0.3, -0.25) is 5.43 Å². The van der Waals surface area contributed by atoms with Crippen LogP contribution in [0.5, 0.6) is 0 Å². The molecule has 0 spiro atoms. The zero-order valence-corrected chi connectivity index (χ0v) is 17.2. The highest BCUT2D eigenvalue weighted by molar-refractivity contribution is 9.10. The van der Waals surface area contributed by atoms with Crippen molar-refractivity contribution < 1.29 is 13.9 Å². The number of aromatic nitrogens is 1. The standard InChI is InChI=1S/C18H16BrN3O4S/c1-4-25-17(24)15-10(3)20-18(27-15)22-21-9(2)13-8-11-7-12(19)5-6-14(11)26-16(13)23/h5-8H,4H2,1-3H3,(H,20,22)/b21-9+. The molecule has 27 heavy (non-hydrogen) atoms. The van der Waals surface area contributed by atoms with E-state index in [1.165, 1.54) is 0 Å². The number of carbonyl (C=O) groups excluding carboxylic acids is 1. The van der Waals surface area contributed by atoms with E-state index in [1.54, 1.807) is 39.0 Å². The SMILES string of the molecule is CCOC(=O)c1sc(N/N=C(\C)c2cc3cc(Br)ccc3oc2=O)nc1C. The van der Waals surface area contributed by atoms with Gasteiger partial charge in [0.05, 0.1) is 23.6 Å². The Morgan fingerprint density at radius 3 is 2.93 bits per heavy atom. The first-order valence-electron chi connectivity index (χ1n) is 8.07. The first-order chi connectivity index (χ1) is 12.9. The summed E-state index contributed by atoms with van der Waals surface area (Å²) < 4.78 is 11.2. The Kier molecular flexibility index (Phi) is 5.71. The molecule has 0 aliphatic carbocycles. The number of hydrazone groups is 1. The Hall–Kier alpha value is -2.52. The highest BCUT2D eigenvalue weighted by Crippen LogP contribution is 2.24. The third kappa shape index (κ3) is 4.25. The van der Waals surface area contributed by atoms with Crippen LogP contribution < -0.4 is 11.1 Å². The number of nitrogens with one attached hydrogen (secondary N) is 1. The van der Waals surface area contributed by atoms with Crippen molar-refractivity contribution in [1.82, 2.24) is 4.98 Å². The minimum absolute atomic E-state index is 0.296. The summed E-state index contributed by atoms with van der Waals surface area (Å²) in [5.74, 6) is -0.415. The fraction of sp³-hybridized carbons (Fsp3) is 0.222. The van der Waals surface area contributed by atoms with Gasteiger partial charge in [0.25, 0.3) is 0 Å². The molecule has 0 saturated carbocycles. The molecule has 3 rings (SSSR count). The predicted octanol–water partition coefficient (Wildman–Crippen LogP) is 4.33. The zero-order chi connectivity index (χ0) is 19.6. The number of benzene rings is 1. The smallest absolute Gasteiger partial charge is 0.350 e. The number of rotatable bonds is 5. The van der Waals surface area contributed by atoms with E-state index in [0.29, 0.717) is 39.2 Å². The number of anilines is 1. The molecule has 7 nitrogen and oxygen atoms in total. The van der Waals surface area contributed by atoms with Crippen LogP contribution in [0.1, 0.15) is 34.8 Å². The summed E-state index contributed by atoms with van der Waals surface area (Å²) in [6, 6.07) is 7.12. The van der Waals surface area contributed by atoms with E-state index in [2.05, 4.69) is 31.4 Å². The maximum atomic E-state index is 12.2. The van der Waals surface area contributed by atoms with Crippen LogP contribution in [-0.4, -0.2) is 23.3 Å². The largest absolute Gasteiger partial charge is 0.462 e. The molecule has 1 aromatic carbocycles. The van der Waals surface area contributed by atoms with Gasteiger partial charge in [-0.25, -0.2) is 14.6 Å². The van der Waals surface area contributed by atoms with E-state index >= 15 is 0 Å². The van der Waals surface area contributed by atoms with Crippen LogP contribution in [0, 0.1) is 6.92 Å². The van der Waals surface area contributed by atoms with Crippen LogP contribution in [0.15, 0.2) is 43.1 Å². The monoisotopic (exact) mass is 449 g/mol. The van der Waals surface area contributed by atoms with Gasteiger partial charge in [-0.15, -0.1) is 0 Å². The Labute approximate surface area is 167 Å². The zero-order valence-electron chi connectivity index (χ0n) is 14.8. The van der Waals surface area contributed by atoms with Gasteiger partial charge in [-0.2, -0.15) is 5.10 Å². The second kappa shape index (κ2) is 8.01. The van der Waals surface area contributed by atoms with E-state index in [-0.39, 0.29) is 0 Å². The number of thiazole rings is 1. The van der Waals surface area contributed by atoms with E-state index in [0.717, 1.165) is 21.2 Å². The van der Waals surface area contributed by atoms with E-state index in [4.69, 9.17) is 9.15 Å².